The van der Waals surface area contributed by atoms with Crippen molar-refractivity contribution in [2.45, 2.75) is 6.82 Å². The highest BCUT2D eigenvalue weighted by atomic mass is 16.5. The first-order chi connectivity index (χ1) is 11.6. The SMILES string of the molecule is CB(O)Nc1ccc(OCC(=O)N2CCOCC2)c2ccccc12. The van der Waals surface area contributed by atoms with Crippen LogP contribution in [0.1, 0.15) is 0 Å². The van der Waals surface area contributed by atoms with E-state index >= 15 is 0 Å². The van der Waals surface area contributed by atoms with Gasteiger partial charge >= 0.3 is 7.05 Å². The van der Waals surface area contributed by atoms with Gasteiger partial charge in [0, 0.05) is 29.5 Å². The maximum Gasteiger partial charge on any atom is 0.406 e. The average Bonchev–Trinajstić information content (AvgIpc) is 2.61. The number of amides is 1. The maximum absolute atomic E-state index is 12.2. The van der Waals surface area contributed by atoms with E-state index in [1.807, 2.05) is 36.4 Å². The van der Waals surface area contributed by atoms with Crippen LogP contribution in [-0.2, 0) is 9.53 Å². The maximum atomic E-state index is 12.2. The molecule has 3 rings (SSSR count). The topological polar surface area (TPSA) is 71.0 Å². The minimum atomic E-state index is -0.650. The van der Waals surface area contributed by atoms with Crippen LogP contribution in [-0.4, -0.2) is 55.8 Å². The number of nitrogens with one attached hydrogen (secondary N) is 1. The Kier molecular flexibility index (Phi) is 5.22. The van der Waals surface area contributed by atoms with Crippen LogP contribution < -0.4 is 9.96 Å². The Morgan fingerprint density at radius 1 is 1.25 bits per heavy atom. The van der Waals surface area contributed by atoms with Gasteiger partial charge in [-0.1, -0.05) is 24.3 Å². The number of nitrogens with zero attached hydrogens (tertiary/aromatic N) is 1. The van der Waals surface area contributed by atoms with Crippen LogP contribution in [0.25, 0.3) is 10.8 Å². The van der Waals surface area contributed by atoms with Gasteiger partial charge in [-0.3, -0.25) is 4.79 Å². The molecule has 1 saturated heterocycles. The van der Waals surface area contributed by atoms with Gasteiger partial charge in [-0.25, -0.2) is 0 Å². The minimum Gasteiger partial charge on any atom is -0.483 e. The number of ether oxygens (including phenoxy) is 2. The Morgan fingerprint density at radius 3 is 2.67 bits per heavy atom. The first-order valence-corrected chi connectivity index (χ1v) is 8.10. The summed E-state index contributed by atoms with van der Waals surface area (Å²) in [5, 5.41) is 14.4. The third-order valence-electron chi connectivity index (χ3n) is 3.96. The van der Waals surface area contributed by atoms with E-state index in [0.717, 1.165) is 16.5 Å². The van der Waals surface area contributed by atoms with Crippen molar-refractivity contribution >= 4 is 29.4 Å². The minimum absolute atomic E-state index is 0.00712. The quantitative estimate of drug-likeness (QED) is 0.816. The largest absolute Gasteiger partial charge is 0.483 e. The van der Waals surface area contributed by atoms with Gasteiger partial charge in [-0.15, -0.1) is 0 Å². The summed E-state index contributed by atoms with van der Waals surface area (Å²) >= 11 is 0. The van der Waals surface area contributed by atoms with E-state index < -0.39 is 7.05 Å². The Hall–Kier alpha value is -2.25. The highest BCUT2D eigenvalue weighted by Gasteiger charge is 2.18. The van der Waals surface area contributed by atoms with E-state index in [1.165, 1.54) is 0 Å². The fourth-order valence-electron chi connectivity index (χ4n) is 2.79. The summed E-state index contributed by atoms with van der Waals surface area (Å²) < 4.78 is 11.0. The molecule has 1 amide bonds. The number of morpholine rings is 1. The highest BCUT2D eigenvalue weighted by molar-refractivity contribution is 6.53. The number of carbonyl (C=O) groups is 1. The first-order valence-electron chi connectivity index (χ1n) is 8.10. The number of hydrogen-bond acceptors (Lipinski definition) is 5. The number of hydrogen-bond donors (Lipinski definition) is 2. The highest BCUT2D eigenvalue weighted by Crippen LogP contribution is 2.31. The molecule has 7 heteroatoms. The molecular weight excluding hydrogens is 307 g/mol. The lowest BCUT2D eigenvalue weighted by atomic mass is 9.87. The van der Waals surface area contributed by atoms with Gasteiger partial charge in [0.05, 0.1) is 13.2 Å². The molecule has 6 nitrogen and oxygen atoms in total. The van der Waals surface area contributed by atoms with Crippen molar-refractivity contribution in [1.29, 1.82) is 0 Å². The van der Waals surface area contributed by atoms with Gasteiger partial charge in [0.15, 0.2) is 6.61 Å². The monoisotopic (exact) mass is 328 g/mol. The number of fused-ring (bicyclic) bond motifs is 1. The summed E-state index contributed by atoms with van der Waals surface area (Å²) in [7, 11) is -0.650. The molecule has 0 aliphatic carbocycles. The van der Waals surface area contributed by atoms with Gasteiger partial charge in [0.25, 0.3) is 5.91 Å². The summed E-state index contributed by atoms with van der Waals surface area (Å²) in [5.74, 6) is 0.622. The molecule has 1 aliphatic rings. The zero-order valence-electron chi connectivity index (χ0n) is 13.7. The molecule has 0 spiro atoms. The first kappa shape index (κ1) is 16.6. The molecule has 0 saturated carbocycles. The summed E-state index contributed by atoms with van der Waals surface area (Å²) in [6.45, 7) is 4.05. The van der Waals surface area contributed by atoms with Crippen LogP contribution in [0.15, 0.2) is 36.4 Å². The number of anilines is 1. The van der Waals surface area contributed by atoms with Gasteiger partial charge < -0.3 is 24.6 Å². The summed E-state index contributed by atoms with van der Waals surface area (Å²) in [6.07, 6.45) is 0. The molecular formula is C17H21BN2O4. The van der Waals surface area contributed by atoms with Crippen LogP contribution in [0.2, 0.25) is 6.82 Å². The number of benzene rings is 2. The Bertz CT molecular complexity index is 717. The normalized spacial score (nSPS) is 14.5. The van der Waals surface area contributed by atoms with E-state index in [4.69, 9.17) is 9.47 Å². The Morgan fingerprint density at radius 2 is 1.96 bits per heavy atom. The van der Waals surface area contributed by atoms with Crippen molar-refractivity contribution < 1.29 is 19.3 Å². The second-order valence-electron chi connectivity index (χ2n) is 5.76. The molecule has 1 fully saturated rings. The predicted octanol–water partition coefficient (Wildman–Crippen LogP) is 1.60. The fourth-order valence-corrected chi connectivity index (χ4v) is 2.79. The third kappa shape index (κ3) is 3.80. The molecule has 0 unspecified atom stereocenters. The van der Waals surface area contributed by atoms with Crippen LogP contribution in [0.3, 0.4) is 0 Å². The van der Waals surface area contributed by atoms with E-state index in [9.17, 15) is 9.82 Å². The Labute approximate surface area is 141 Å². The van der Waals surface area contributed by atoms with Crippen LogP contribution >= 0.6 is 0 Å². The van der Waals surface area contributed by atoms with E-state index in [-0.39, 0.29) is 12.5 Å². The van der Waals surface area contributed by atoms with Gasteiger partial charge in [-0.2, -0.15) is 0 Å². The molecule has 1 aliphatic heterocycles. The van der Waals surface area contributed by atoms with Gasteiger partial charge in [-0.05, 0) is 19.0 Å². The lowest BCUT2D eigenvalue weighted by Gasteiger charge is -2.26. The van der Waals surface area contributed by atoms with Crippen molar-refractivity contribution in [2.75, 3.05) is 38.1 Å². The van der Waals surface area contributed by atoms with Gasteiger partial charge in [0.2, 0.25) is 0 Å². The average molecular weight is 328 g/mol. The van der Waals surface area contributed by atoms with Crippen molar-refractivity contribution in [2.24, 2.45) is 0 Å². The second kappa shape index (κ2) is 7.55. The molecule has 2 aromatic carbocycles. The standard InChI is InChI=1S/C17H21BN2O4/c1-18(22)19-15-6-7-16(14-5-3-2-4-13(14)15)24-12-17(21)20-8-10-23-11-9-20/h2-7,19,22H,8-12H2,1H3. The third-order valence-corrected chi connectivity index (χ3v) is 3.96. The summed E-state index contributed by atoms with van der Waals surface area (Å²) in [6, 6.07) is 11.4. The van der Waals surface area contributed by atoms with Crippen LogP contribution in [0, 0.1) is 0 Å². The van der Waals surface area contributed by atoms with Gasteiger partial charge in [0.1, 0.15) is 5.75 Å². The smallest absolute Gasteiger partial charge is 0.406 e. The molecule has 2 aromatic rings. The Balaban J connectivity index is 1.76. The molecule has 0 radical (unpaired) electrons. The molecule has 0 bridgehead atoms. The van der Waals surface area contributed by atoms with Crippen molar-refractivity contribution in [3.8, 4) is 5.75 Å². The molecule has 2 N–H and O–H groups in total. The molecule has 126 valence electrons. The van der Waals surface area contributed by atoms with Crippen molar-refractivity contribution in [1.82, 2.24) is 4.90 Å². The second-order valence-corrected chi connectivity index (χ2v) is 5.76. The molecule has 24 heavy (non-hydrogen) atoms. The van der Waals surface area contributed by atoms with Crippen LogP contribution in [0.4, 0.5) is 5.69 Å². The van der Waals surface area contributed by atoms with E-state index in [0.29, 0.717) is 32.1 Å². The van der Waals surface area contributed by atoms with E-state index in [1.54, 1.807) is 11.7 Å². The van der Waals surface area contributed by atoms with Crippen molar-refractivity contribution in [3.63, 3.8) is 0 Å². The number of carbonyl (C=O) groups excluding carboxylic acids is 1. The summed E-state index contributed by atoms with van der Waals surface area (Å²) in [5.41, 5.74) is 0.826. The zero-order valence-corrected chi connectivity index (χ0v) is 13.7. The molecule has 1 heterocycles. The molecule has 0 aromatic heterocycles. The predicted molar refractivity (Wildman–Crippen MR) is 94.3 cm³/mol. The number of rotatable bonds is 5. The molecule has 0 atom stereocenters. The fraction of sp³-hybridized carbons (Fsp3) is 0.353. The van der Waals surface area contributed by atoms with Crippen molar-refractivity contribution in [3.05, 3.63) is 36.4 Å². The zero-order chi connectivity index (χ0) is 16.9. The lowest BCUT2D eigenvalue weighted by molar-refractivity contribution is -0.137. The lowest BCUT2D eigenvalue weighted by Crippen LogP contribution is -2.42. The summed E-state index contributed by atoms with van der Waals surface area (Å²) in [4.78, 5) is 14.0. The van der Waals surface area contributed by atoms with E-state index in [2.05, 4.69) is 5.23 Å². The van der Waals surface area contributed by atoms with Crippen LogP contribution in [0.5, 0.6) is 5.75 Å².